The number of nitrogens with zero attached hydrogens (tertiary/aromatic N) is 3. The number of thiophene rings is 1. The van der Waals surface area contributed by atoms with Crippen LogP contribution in [0.1, 0.15) is 15.2 Å². The van der Waals surface area contributed by atoms with E-state index in [1.807, 2.05) is 60.8 Å². The summed E-state index contributed by atoms with van der Waals surface area (Å²) in [6.45, 7) is 1.78. The van der Waals surface area contributed by atoms with Crippen LogP contribution in [0.15, 0.2) is 84.3 Å². The van der Waals surface area contributed by atoms with Crippen LogP contribution in [0.5, 0.6) is 0 Å². The summed E-state index contributed by atoms with van der Waals surface area (Å²) in [6.07, 6.45) is 2.67. The Balaban J connectivity index is 1.42. The van der Waals surface area contributed by atoms with Gasteiger partial charge in [0, 0.05) is 42.6 Å². The fraction of sp³-hybridized carbons (Fsp3) is 0.185. The fourth-order valence-corrected chi connectivity index (χ4v) is 4.55. The normalized spacial score (nSPS) is 11.4. The molecule has 0 radical (unpaired) electrons. The monoisotopic (exact) mass is 531 g/mol. The van der Waals surface area contributed by atoms with Crippen LogP contribution < -0.4 is 21.3 Å². The van der Waals surface area contributed by atoms with Gasteiger partial charge in [-0.3, -0.25) is 19.9 Å². The smallest absolute Gasteiger partial charge is 0.274 e. The number of anilines is 3. The van der Waals surface area contributed by atoms with Crippen molar-refractivity contribution in [2.75, 3.05) is 43.1 Å². The molecule has 2 heterocycles. The van der Waals surface area contributed by atoms with Crippen LogP contribution in [0.3, 0.4) is 0 Å². The van der Waals surface area contributed by atoms with Gasteiger partial charge in [0.15, 0.2) is 5.82 Å². The Morgan fingerprint density at radius 1 is 1.08 bits per heavy atom. The van der Waals surface area contributed by atoms with Crippen molar-refractivity contribution < 1.29 is 9.72 Å². The molecule has 10 nitrogen and oxygen atoms in total. The lowest BCUT2D eigenvalue weighted by molar-refractivity contribution is -0.403. The molecule has 4 rings (SSSR count). The number of likely N-dealkylation sites (N-methyl/N-ethyl adjacent to an activating group) is 1. The maximum atomic E-state index is 13.1. The van der Waals surface area contributed by atoms with Gasteiger partial charge in [-0.1, -0.05) is 24.3 Å². The predicted octanol–water partition coefficient (Wildman–Crippen LogP) is 4.80. The summed E-state index contributed by atoms with van der Waals surface area (Å²) in [5.41, 5.74) is 3.91. The summed E-state index contributed by atoms with van der Waals surface area (Å²) in [7, 11) is 3.85. The Morgan fingerprint density at radius 3 is 2.66 bits per heavy atom. The van der Waals surface area contributed by atoms with Gasteiger partial charge in [-0.25, -0.2) is 0 Å². The lowest BCUT2D eigenvalue weighted by Crippen LogP contribution is -2.29. The van der Waals surface area contributed by atoms with Crippen LogP contribution in [0.4, 0.5) is 17.1 Å². The third kappa shape index (κ3) is 7.28. The van der Waals surface area contributed by atoms with Crippen LogP contribution in [-0.2, 0) is 6.54 Å². The summed E-state index contributed by atoms with van der Waals surface area (Å²) in [5, 5.41) is 26.3. The number of carbonyl (C=O) groups excluding carboxylic acids is 1. The standard InChI is InChI=1S/C27H29N7O3S/c1-33(2)14-13-29-25(18-34(36)37)31-20-6-5-7-21(16-20)32-27(35)26-24(11-15-38-26)30-17-19-10-12-28-23-9-4-3-8-22(19)23/h3-12,15-16,18,29-31H,13-14,17H2,1-2H3,(H,32,35)/b25-18+. The molecule has 38 heavy (non-hydrogen) atoms. The van der Waals surface area contributed by atoms with Crippen molar-refractivity contribution >= 4 is 45.2 Å². The quantitative estimate of drug-likeness (QED) is 0.152. The average molecular weight is 532 g/mol. The highest BCUT2D eigenvalue weighted by Crippen LogP contribution is 2.26. The van der Waals surface area contributed by atoms with Gasteiger partial charge in [0.1, 0.15) is 4.88 Å². The Bertz CT molecular complexity index is 1450. The molecular formula is C27H29N7O3S. The van der Waals surface area contributed by atoms with Crippen molar-refractivity contribution in [3.63, 3.8) is 0 Å². The molecule has 0 aliphatic carbocycles. The fourth-order valence-electron chi connectivity index (χ4n) is 3.78. The third-order valence-electron chi connectivity index (χ3n) is 5.59. The van der Waals surface area contributed by atoms with Gasteiger partial charge in [-0.05, 0) is 61.4 Å². The van der Waals surface area contributed by atoms with Gasteiger partial charge in [0.25, 0.3) is 12.1 Å². The molecule has 0 aliphatic rings. The molecule has 0 atom stereocenters. The second-order valence-electron chi connectivity index (χ2n) is 8.72. The average Bonchev–Trinajstić information content (AvgIpc) is 3.36. The molecule has 0 aliphatic heterocycles. The highest BCUT2D eigenvalue weighted by molar-refractivity contribution is 7.12. The second kappa shape index (κ2) is 12.7. The van der Waals surface area contributed by atoms with E-state index in [2.05, 4.69) is 26.3 Å². The zero-order valence-electron chi connectivity index (χ0n) is 21.1. The summed E-state index contributed by atoms with van der Waals surface area (Å²) >= 11 is 1.35. The number of para-hydroxylation sites is 1. The number of nitro groups is 1. The predicted molar refractivity (Wildman–Crippen MR) is 153 cm³/mol. The molecule has 0 bridgehead atoms. The van der Waals surface area contributed by atoms with Gasteiger partial charge in [-0.2, -0.15) is 0 Å². The number of fused-ring (bicyclic) bond motifs is 1. The van der Waals surface area contributed by atoms with Gasteiger partial charge in [0.2, 0.25) is 0 Å². The molecule has 11 heteroatoms. The number of nitrogens with one attached hydrogen (secondary N) is 4. The van der Waals surface area contributed by atoms with Crippen molar-refractivity contribution in [2.24, 2.45) is 0 Å². The van der Waals surface area contributed by atoms with E-state index >= 15 is 0 Å². The molecule has 0 saturated heterocycles. The molecule has 196 valence electrons. The number of rotatable bonds is 12. The molecule has 2 aromatic carbocycles. The van der Waals surface area contributed by atoms with E-state index in [0.29, 0.717) is 35.9 Å². The zero-order chi connectivity index (χ0) is 26.9. The van der Waals surface area contributed by atoms with E-state index in [9.17, 15) is 14.9 Å². The highest BCUT2D eigenvalue weighted by atomic mass is 32.1. The maximum Gasteiger partial charge on any atom is 0.274 e. The van der Waals surface area contributed by atoms with E-state index in [-0.39, 0.29) is 11.7 Å². The molecule has 4 aromatic rings. The first-order chi connectivity index (χ1) is 18.4. The molecular weight excluding hydrogens is 502 g/mol. The van der Waals surface area contributed by atoms with Crippen LogP contribution in [0.25, 0.3) is 10.9 Å². The lowest BCUT2D eigenvalue weighted by Gasteiger charge is -2.15. The summed E-state index contributed by atoms with van der Waals surface area (Å²) in [4.78, 5) is 30.6. The number of aromatic nitrogens is 1. The van der Waals surface area contributed by atoms with Crippen molar-refractivity contribution in [1.82, 2.24) is 15.2 Å². The molecule has 0 unspecified atom stereocenters. The number of hydrogen-bond donors (Lipinski definition) is 4. The minimum Gasteiger partial charge on any atom is -0.380 e. The minimum atomic E-state index is -0.517. The number of benzene rings is 2. The number of amides is 1. The molecule has 0 spiro atoms. The van der Waals surface area contributed by atoms with E-state index in [1.165, 1.54) is 11.3 Å². The molecule has 4 N–H and O–H groups in total. The van der Waals surface area contributed by atoms with E-state index in [0.717, 1.165) is 28.4 Å². The Kier molecular flexibility index (Phi) is 8.85. The SMILES string of the molecule is CN(C)CCN/C(=C\[N+](=O)[O-])Nc1cccc(NC(=O)c2sccc2NCc2ccnc3ccccc23)c1. The van der Waals surface area contributed by atoms with Crippen molar-refractivity contribution in [3.8, 4) is 0 Å². The highest BCUT2D eigenvalue weighted by Gasteiger charge is 2.14. The van der Waals surface area contributed by atoms with E-state index in [1.54, 1.807) is 30.5 Å². The topological polar surface area (TPSA) is 124 Å². The van der Waals surface area contributed by atoms with Gasteiger partial charge in [-0.15, -0.1) is 11.3 Å². The van der Waals surface area contributed by atoms with Gasteiger partial charge in [0.05, 0.1) is 16.1 Å². The van der Waals surface area contributed by atoms with Crippen LogP contribution >= 0.6 is 11.3 Å². The summed E-state index contributed by atoms with van der Waals surface area (Å²) in [5.74, 6) is 0.0121. The maximum absolute atomic E-state index is 13.1. The van der Waals surface area contributed by atoms with Crippen molar-refractivity contribution in [3.05, 3.63) is 105 Å². The van der Waals surface area contributed by atoms with Crippen LogP contribution in [-0.4, -0.2) is 47.9 Å². The first-order valence-electron chi connectivity index (χ1n) is 12.0. The first kappa shape index (κ1) is 26.6. The van der Waals surface area contributed by atoms with Crippen molar-refractivity contribution in [1.29, 1.82) is 0 Å². The van der Waals surface area contributed by atoms with Crippen LogP contribution in [0, 0.1) is 10.1 Å². The summed E-state index contributed by atoms with van der Waals surface area (Å²) in [6, 6.07) is 18.8. The molecule has 0 fully saturated rings. The minimum absolute atomic E-state index is 0.246. The number of pyridine rings is 1. The molecule has 2 aromatic heterocycles. The Morgan fingerprint density at radius 2 is 1.87 bits per heavy atom. The Labute approximate surface area is 224 Å². The second-order valence-corrected chi connectivity index (χ2v) is 9.64. The Hall–Kier alpha value is -4.48. The van der Waals surface area contributed by atoms with Crippen molar-refractivity contribution in [2.45, 2.75) is 6.54 Å². The molecule has 1 amide bonds. The van der Waals surface area contributed by atoms with Gasteiger partial charge < -0.3 is 26.2 Å². The number of carbonyl (C=O) groups is 1. The lowest BCUT2D eigenvalue weighted by atomic mass is 10.1. The van der Waals surface area contributed by atoms with E-state index < -0.39 is 4.92 Å². The first-order valence-corrected chi connectivity index (χ1v) is 12.8. The zero-order valence-corrected chi connectivity index (χ0v) is 21.9. The largest absolute Gasteiger partial charge is 0.380 e. The number of hydrogen-bond acceptors (Lipinski definition) is 9. The van der Waals surface area contributed by atoms with E-state index in [4.69, 9.17) is 0 Å². The third-order valence-corrected chi connectivity index (χ3v) is 6.50. The molecule has 0 saturated carbocycles. The van der Waals surface area contributed by atoms with Gasteiger partial charge >= 0.3 is 0 Å². The summed E-state index contributed by atoms with van der Waals surface area (Å²) < 4.78 is 0. The van der Waals surface area contributed by atoms with Crippen LogP contribution in [0.2, 0.25) is 0 Å².